The van der Waals surface area contributed by atoms with Gasteiger partial charge in [0.1, 0.15) is 0 Å². The Labute approximate surface area is 141 Å². The van der Waals surface area contributed by atoms with Gasteiger partial charge in [0.25, 0.3) is 5.91 Å². The Bertz CT molecular complexity index is 712. The van der Waals surface area contributed by atoms with Gasteiger partial charge in [0, 0.05) is 0 Å². The van der Waals surface area contributed by atoms with Crippen LogP contribution in [0.2, 0.25) is 0 Å². The molecular formula is C19H20N2O3. The SMILES string of the molecule is C=CCc1ccc(OCC(=O)NN=Cc2ccccc2)c(OC)c1. The van der Waals surface area contributed by atoms with Gasteiger partial charge in [-0.25, -0.2) is 5.43 Å². The largest absolute Gasteiger partial charge is 0.493 e. The average Bonchev–Trinajstić information content (AvgIpc) is 2.61. The first-order valence-corrected chi connectivity index (χ1v) is 7.50. The standard InChI is InChI=1S/C19H20N2O3/c1-3-7-15-10-11-17(18(12-15)23-2)24-14-19(22)21-20-13-16-8-5-4-6-9-16/h3-6,8-13H,1,7,14H2,2H3,(H,21,22). The Balaban J connectivity index is 1.87. The number of benzene rings is 2. The van der Waals surface area contributed by atoms with E-state index in [0.29, 0.717) is 11.5 Å². The van der Waals surface area contributed by atoms with Crippen LogP contribution in [-0.2, 0) is 11.2 Å². The van der Waals surface area contributed by atoms with Crippen molar-refractivity contribution in [2.24, 2.45) is 5.10 Å². The second-order valence-electron chi connectivity index (χ2n) is 4.97. The van der Waals surface area contributed by atoms with E-state index in [9.17, 15) is 4.79 Å². The molecule has 5 nitrogen and oxygen atoms in total. The third-order valence-electron chi connectivity index (χ3n) is 3.17. The minimum absolute atomic E-state index is 0.150. The molecule has 0 spiro atoms. The molecule has 124 valence electrons. The van der Waals surface area contributed by atoms with E-state index in [1.165, 1.54) is 0 Å². The van der Waals surface area contributed by atoms with Gasteiger partial charge in [0.2, 0.25) is 0 Å². The summed E-state index contributed by atoms with van der Waals surface area (Å²) in [5, 5.41) is 3.89. The van der Waals surface area contributed by atoms with Crippen LogP contribution < -0.4 is 14.9 Å². The van der Waals surface area contributed by atoms with Crippen molar-refractivity contribution in [2.45, 2.75) is 6.42 Å². The maximum atomic E-state index is 11.8. The fourth-order valence-electron chi connectivity index (χ4n) is 2.02. The fraction of sp³-hybridized carbons (Fsp3) is 0.158. The van der Waals surface area contributed by atoms with Crippen LogP contribution >= 0.6 is 0 Å². The van der Waals surface area contributed by atoms with Gasteiger partial charge >= 0.3 is 0 Å². The molecule has 0 saturated carbocycles. The number of rotatable bonds is 8. The number of allylic oxidation sites excluding steroid dienone is 1. The van der Waals surface area contributed by atoms with Crippen LogP contribution in [0, 0.1) is 0 Å². The van der Waals surface area contributed by atoms with Crippen LogP contribution in [-0.4, -0.2) is 25.8 Å². The molecule has 2 aromatic carbocycles. The molecule has 0 heterocycles. The molecular weight excluding hydrogens is 304 g/mol. The van der Waals surface area contributed by atoms with Crippen molar-refractivity contribution < 1.29 is 14.3 Å². The zero-order chi connectivity index (χ0) is 17.2. The highest BCUT2D eigenvalue weighted by Crippen LogP contribution is 2.28. The maximum Gasteiger partial charge on any atom is 0.277 e. The van der Waals surface area contributed by atoms with Gasteiger partial charge in [-0.2, -0.15) is 5.10 Å². The predicted octanol–water partition coefficient (Wildman–Crippen LogP) is 2.95. The molecule has 0 radical (unpaired) electrons. The lowest BCUT2D eigenvalue weighted by Crippen LogP contribution is -2.24. The second-order valence-corrected chi connectivity index (χ2v) is 4.97. The summed E-state index contributed by atoms with van der Waals surface area (Å²) in [5.74, 6) is 0.738. The number of carbonyl (C=O) groups is 1. The number of amides is 1. The summed E-state index contributed by atoms with van der Waals surface area (Å²) in [6.07, 6.45) is 4.13. The Morgan fingerprint density at radius 1 is 1.21 bits per heavy atom. The van der Waals surface area contributed by atoms with Crippen LogP contribution in [0.1, 0.15) is 11.1 Å². The molecule has 5 heteroatoms. The maximum absolute atomic E-state index is 11.8. The van der Waals surface area contributed by atoms with Crippen LogP contribution in [0.5, 0.6) is 11.5 Å². The number of ether oxygens (including phenoxy) is 2. The lowest BCUT2D eigenvalue weighted by Gasteiger charge is -2.11. The zero-order valence-electron chi connectivity index (χ0n) is 13.6. The molecule has 24 heavy (non-hydrogen) atoms. The van der Waals surface area contributed by atoms with E-state index in [4.69, 9.17) is 9.47 Å². The Hall–Kier alpha value is -3.08. The Morgan fingerprint density at radius 3 is 2.71 bits per heavy atom. The Morgan fingerprint density at radius 2 is 2.00 bits per heavy atom. The van der Waals surface area contributed by atoms with Crippen molar-refractivity contribution >= 4 is 12.1 Å². The highest BCUT2D eigenvalue weighted by Gasteiger charge is 2.08. The lowest BCUT2D eigenvalue weighted by atomic mass is 10.1. The number of nitrogens with one attached hydrogen (secondary N) is 1. The van der Waals surface area contributed by atoms with Gasteiger partial charge < -0.3 is 9.47 Å². The third kappa shape index (κ3) is 5.28. The van der Waals surface area contributed by atoms with Crippen molar-refractivity contribution in [3.63, 3.8) is 0 Å². The van der Waals surface area contributed by atoms with Gasteiger partial charge in [-0.05, 0) is 29.7 Å². The summed E-state index contributed by atoms with van der Waals surface area (Å²) < 4.78 is 10.8. The van der Waals surface area contributed by atoms with Crippen molar-refractivity contribution in [1.82, 2.24) is 5.43 Å². The van der Waals surface area contributed by atoms with Gasteiger partial charge in [-0.15, -0.1) is 6.58 Å². The van der Waals surface area contributed by atoms with E-state index in [-0.39, 0.29) is 12.5 Å². The topological polar surface area (TPSA) is 59.9 Å². The minimum Gasteiger partial charge on any atom is -0.493 e. The fourth-order valence-corrected chi connectivity index (χ4v) is 2.02. The summed E-state index contributed by atoms with van der Waals surface area (Å²) in [5.41, 5.74) is 4.38. The van der Waals surface area contributed by atoms with Crippen LogP contribution in [0.25, 0.3) is 0 Å². The van der Waals surface area contributed by atoms with Crippen LogP contribution in [0.4, 0.5) is 0 Å². The molecule has 0 saturated heterocycles. The van der Waals surface area contributed by atoms with E-state index in [1.807, 2.05) is 48.5 Å². The quantitative estimate of drug-likeness (QED) is 0.461. The van der Waals surface area contributed by atoms with E-state index in [1.54, 1.807) is 19.4 Å². The predicted molar refractivity (Wildman–Crippen MR) is 94.6 cm³/mol. The average molecular weight is 324 g/mol. The van der Waals surface area contributed by atoms with Crippen LogP contribution in [0.15, 0.2) is 66.3 Å². The number of methoxy groups -OCH3 is 1. The molecule has 2 rings (SSSR count). The van der Waals surface area contributed by atoms with Gasteiger partial charge in [0.05, 0.1) is 13.3 Å². The molecule has 2 aromatic rings. The van der Waals surface area contributed by atoms with Gasteiger partial charge in [0.15, 0.2) is 18.1 Å². The summed E-state index contributed by atoms with van der Waals surface area (Å²) >= 11 is 0. The highest BCUT2D eigenvalue weighted by molar-refractivity contribution is 5.82. The smallest absolute Gasteiger partial charge is 0.277 e. The van der Waals surface area contributed by atoms with Crippen LogP contribution in [0.3, 0.4) is 0 Å². The molecule has 1 N–H and O–H groups in total. The van der Waals surface area contributed by atoms with E-state index in [0.717, 1.165) is 17.5 Å². The number of hydrogen-bond acceptors (Lipinski definition) is 4. The zero-order valence-corrected chi connectivity index (χ0v) is 13.6. The van der Waals surface area contributed by atoms with E-state index < -0.39 is 0 Å². The molecule has 0 bridgehead atoms. The number of hydrogen-bond donors (Lipinski definition) is 1. The summed E-state index contributed by atoms with van der Waals surface area (Å²) in [7, 11) is 1.56. The molecule has 0 aromatic heterocycles. The molecule has 0 atom stereocenters. The first kappa shape index (κ1) is 17.3. The summed E-state index contributed by atoms with van der Waals surface area (Å²) in [6, 6.07) is 15.0. The summed E-state index contributed by atoms with van der Waals surface area (Å²) in [4.78, 5) is 11.8. The minimum atomic E-state index is -0.348. The van der Waals surface area contributed by atoms with Crippen molar-refractivity contribution in [3.05, 3.63) is 72.3 Å². The van der Waals surface area contributed by atoms with Crippen molar-refractivity contribution in [2.75, 3.05) is 13.7 Å². The molecule has 0 fully saturated rings. The number of hydrazone groups is 1. The van der Waals surface area contributed by atoms with Crippen molar-refractivity contribution in [3.8, 4) is 11.5 Å². The molecule has 0 aliphatic carbocycles. The summed E-state index contributed by atoms with van der Waals surface area (Å²) in [6.45, 7) is 3.56. The normalized spacial score (nSPS) is 10.4. The molecule has 0 aliphatic heterocycles. The number of carbonyl (C=O) groups excluding carboxylic acids is 1. The molecule has 1 amide bonds. The van der Waals surface area contributed by atoms with E-state index >= 15 is 0 Å². The van der Waals surface area contributed by atoms with Crippen molar-refractivity contribution in [1.29, 1.82) is 0 Å². The van der Waals surface area contributed by atoms with Gasteiger partial charge in [-0.3, -0.25) is 4.79 Å². The van der Waals surface area contributed by atoms with E-state index in [2.05, 4.69) is 17.1 Å². The Kier molecular flexibility index (Phi) is 6.58. The molecule has 0 unspecified atom stereocenters. The third-order valence-corrected chi connectivity index (χ3v) is 3.17. The number of nitrogens with zero attached hydrogens (tertiary/aromatic N) is 1. The second kappa shape index (κ2) is 9.15. The molecule has 0 aliphatic rings. The highest BCUT2D eigenvalue weighted by atomic mass is 16.5. The lowest BCUT2D eigenvalue weighted by molar-refractivity contribution is -0.123. The monoisotopic (exact) mass is 324 g/mol. The van der Waals surface area contributed by atoms with Gasteiger partial charge in [-0.1, -0.05) is 42.5 Å². The first-order chi connectivity index (χ1) is 11.7. The first-order valence-electron chi connectivity index (χ1n) is 7.50.